The van der Waals surface area contributed by atoms with Crippen LogP contribution in [0.3, 0.4) is 0 Å². The normalized spacial score (nSPS) is 26.5. The summed E-state index contributed by atoms with van der Waals surface area (Å²) >= 11 is 0. The fraction of sp³-hybridized carbons (Fsp3) is 1.00. The zero-order valence-electron chi connectivity index (χ0n) is 12.7. The lowest BCUT2D eigenvalue weighted by molar-refractivity contribution is 0.190. The smallest absolute Gasteiger partial charge is 0.00104 e. The number of hydrogen-bond donors (Lipinski definition) is 1. The van der Waals surface area contributed by atoms with Gasteiger partial charge in [-0.3, -0.25) is 0 Å². The van der Waals surface area contributed by atoms with Crippen molar-refractivity contribution in [1.82, 2.24) is 5.32 Å². The molecule has 1 N–H and O–H groups in total. The van der Waals surface area contributed by atoms with Crippen molar-refractivity contribution in [3.8, 4) is 0 Å². The van der Waals surface area contributed by atoms with Crippen LogP contribution in [0.25, 0.3) is 0 Å². The van der Waals surface area contributed by atoms with Gasteiger partial charge in [-0.15, -0.1) is 0 Å². The average molecular weight is 239 g/mol. The standard InChI is InChI=1S/C16H33N/c1-13(2)17-12-15-9-7-6-8-14(15)10-11-16(3,4)5/h13-15,17H,6-12H2,1-5H3. The largest absolute Gasteiger partial charge is 0.314 e. The summed E-state index contributed by atoms with van der Waals surface area (Å²) < 4.78 is 0. The number of rotatable bonds is 5. The molecule has 0 bridgehead atoms. The van der Waals surface area contributed by atoms with E-state index in [0.29, 0.717) is 11.5 Å². The maximum atomic E-state index is 3.64. The van der Waals surface area contributed by atoms with E-state index in [1.165, 1.54) is 45.1 Å². The van der Waals surface area contributed by atoms with Crippen LogP contribution in [0.4, 0.5) is 0 Å². The number of nitrogens with one attached hydrogen (secondary N) is 1. The summed E-state index contributed by atoms with van der Waals surface area (Å²) in [4.78, 5) is 0. The lowest BCUT2D eigenvalue weighted by atomic mass is 9.74. The molecule has 2 atom stereocenters. The summed E-state index contributed by atoms with van der Waals surface area (Å²) in [6.45, 7) is 12.9. The predicted octanol–water partition coefficient (Wildman–Crippen LogP) is 4.62. The summed E-state index contributed by atoms with van der Waals surface area (Å²) in [6.07, 6.45) is 8.67. The molecule has 0 aromatic heterocycles. The predicted molar refractivity (Wildman–Crippen MR) is 77.3 cm³/mol. The molecule has 0 radical (unpaired) electrons. The third-order valence-electron chi connectivity index (χ3n) is 4.12. The highest BCUT2D eigenvalue weighted by Gasteiger charge is 2.26. The van der Waals surface area contributed by atoms with E-state index in [1.807, 2.05) is 0 Å². The Kier molecular flexibility index (Phi) is 5.99. The third-order valence-corrected chi connectivity index (χ3v) is 4.12. The van der Waals surface area contributed by atoms with Crippen LogP contribution in [0.1, 0.15) is 73.1 Å². The first kappa shape index (κ1) is 15.0. The van der Waals surface area contributed by atoms with Crippen LogP contribution >= 0.6 is 0 Å². The van der Waals surface area contributed by atoms with Gasteiger partial charge in [-0.2, -0.15) is 0 Å². The molecule has 0 aromatic rings. The Morgan fingerprint density at radius 3 is 2.18 bits per heavy atom. The second-order valence-electron chi connectivity index (χ2n) is 7.47. The summed E-state index contributed by atoms with van der Waals surface area (Å²) in [5, 5.41) is 3.64. The van der Waals surface area contributed by atoms with Gasteiger partial charge >= 0.3 is 0 Å². The monoisotopic (exact) mass is 239 g/mol. The molecule has 1 saturated carbocycles. The van der Waals surface area contributed by atoms with Crippen molar-refractivity contribution in [3.63, 3.8) is 0 Å². The molecule has 0 heterocycles. The van der Waals surface area contributed by atoms with Crippen molar-refractivity contribution in [2.75, 3.05) is 6.54 Å². The molecule has 1 aliphatic rings. The van der Waals surface area contributed by atoms with Gasteiger partial charge in [0.05, 0.1) is 0 Å². The van der Waals surface area contributed by atoms with Gasteiger partial charge in [0.1, 0.15) is 0 Å². The molecular weight excluding hydrogens is 206 g/mol. The van der Waals surface area contributed by atoms with Gasteiger partial charge in [0.25, 0.3) is 0 Å². The van der Waals surface area contributed by atoms with Gasteiger partial charge in [-0.05, 0) is 43.1 Å². The van der Waals surface area contributed by atoms with E-state index < -0.39 is 0 Å². The first-order valence-electron chi connectivity index (χ1n) is 7.62. The summed E-state index contributed by atoms with van der Waals surface area (Å²) in [5.74, 6) is 1.92. The van der Waals surface area contributed by atoms with Gasteiger partial charge < -0.3 is 5.32 Å². The lowest BCUT2D eigenvalue weighted by Gasteiger charge is -2.34. The molecule has 2 unspecified atom stereocenters. The zero-order chi connectivity index (χ0) is 12.9. The summed E-state index contributed by atoms with van der Waals surface area (Å²) in [5.41, 5.74) is 0.507. The number of hydrogen-bond acceptors (Lipinski definition) is 1. The van der Waals surface area contributed by atoms with E-state index in [2.05, 4.69) is 39.9 Å². The van der Waals surface area contributed by atoms with E-state index in [0.717, 1.165) is 11.8 Å². The molecule has 1 aliphatic carbocycles. The molecule has 102 valence electrons. The van der Waals surface area contributed by atoms with Crippen molar-refractivity contribution < 1.29 is 0 Å². The quantitative estimate of drug-likeness (QED) is 0.738. The summed E-state index contributed by atoms with van der Waals surface area (Å²) in [7, 11) is 0. The van der Waals surface area contributed by atoms with Crippen molar-refractivity contribution in [2.24, 2.45) is 17.3 Å². The Morgan fingerprint density at radius 1 is 1.06 bits per heavy atom. The van der Waals surface area contributed by atoms with E-state index in [-0.39, 0.29) is 0 Å². The molecule has 17 heavy (non-hydrogen) atoms. The highest BCUT2D eigenvalue weighted by molar-refractivity contribution is 4.79. The minimum absolute atomic E-state index is 0.507. The van der Waals surface area contributed by atoms with Gasteiger partial charge in [0.15, 0.2) is 0 Å². The Bertz CT molecular complexity index is 202. The van der Waals surface area contributed by atoms with E-state index >= 15 is 0 Å². The third kappa shape index (κ3) is 6.45. The van der Waals surface area contributed by atoms with Crippen LogP contribution < -0.4 is 5.32 Å². The molecule has 1 fully saturated rings. The van der Waals surface area contributed by atoms with Crippen LogP contribution in [0, 0.1) is 17.3 Å². The second-order valence-corrected chi connectivity index (χ2v) is 7.47. The fourth-order valence-corrected chi connectivity index (χ4v) is 2.94. The van der Waals surface area contributed by atoms with Crippen molar-refractivity contribution in [1.29, 1.82) is 0 Å². The Balaban J connectivity index is 2.37. The maximum absolute atomic E-state index is 3.64. The van der Waals surface area contributed by atoms with Crippen LogP contribution in [0.15, 0.2) is 0 Å². The Hall–Kier alpha value is -0.0400. The van der Waals surface area contributed by atoms with E-state index in [1.54, 1.807) is 0 Å². The highest BCUT2D eigenvalue weighted by Crippen LogP contribution is 2.35. The Morgan fingerprint density at radius 2 is 1.65 bits per heavy atom. The first-order valence-corrected chi connectivity index (χ1v) is 7.62. The first-order chi connectivity index (χ1) is 7.88. The summed E-state index contributed by atoms with van der Waals surface area (Å²) in [6, 6.07) is 0.639. The van der Waals surface area contributed by atoms with Crippen LogP contribution in [0.5, 0.6) is 0 Å². The van der Waals surface area contributed by atoms with Gasteiger partial charge in [0, 0.05) is 6.04 Å². The minimum atomic E-state index is 0.507. The molecule has 1 nitrogen and oxygen atoms in total. The van der Waals surface area contributed by atoms with E-state index in [9.17, 15) is 0 Å². The lowest BCUT2D eigenvalue weighted by Crippen LogP contribution is -2.34. The van der Waals surface area contributed by atoms with E-state index in [4.69, 9.17) is 0 Å². The molecule has 0 saturated heterocycles. The van der Waals surface area contributed by atoms with Crippen LogP contribution in [-0.4, -0.2) is 12.6 Å². The molecule has 1 rings (SSSR count). The topological polar surface area (TPSA) is 12.0 Å². The second kappa shape index (κ2) is 6.78. The average Bonchev–Trinajstić information content (AvgIpc) is 2.23. The van der Waals surface area contributed by atoms with Crippen LogP contribution in [-0.2, 0) is 0 Å². The van der Waals surface area contributed by atoms with Crippen LogP contribution in [0.2, 0.25) is 0 Å². The van der Waals surface area contributed by atoms with Crippen molar-refractivity contribution >= 4 is 0 Å². The fourth-order valence-electron chi connectivity index (χ4n) is 2.94. The molecule has 0 amide bonds. The maximum Gasteiger partial charge on any atom is 0.00104 e. The van der Waals surface area contributed by atoms with Crippen molar-refractivity contribution in [2.45, 2.75) is 79.2 Å². The Labute approximate surface area is 109 Å². The molecule has 1 heteroatoms. The highest BCUT2D eigenvalue weighted by atomic mass is 14.9. The zero-order valence-corrected chi connectivity index (χ0v) is 12.7. The van der Waals surface area contributed by atoms with Gasteiger partial charge in [0.2, 0.25) is 0 Å². The molecule has 0 aliphatic heterocycles. The van der Waals surface area contributed by atoms with Crippen molar-refractivity contribution in [3.05, 3.63) is 0 Å². The van der Waals surface area contributed by atoms with Gasteiger partial charge in [-0.1, -0.05) is 53.9 Å². The molecular formula is C16H33N. The van der Waals surface area contributed by atoms with Gasteiger partial charge in [-0.25, -0.2) is 0 Å². The SMILES string of the molecule is CC(C)NCC1CCCCC1CCC(C)(C)C. The molecule has 0 spiro atoms. The molecule has 0 aromatic carbocycles. The minimum Gasteiger partial charge on any atom is -0.314 e.